The van der Waals surface area contributed by atoms with E-state index >= 15 is 0 Å². The normalized spacial score (nSPS) is 11.2. The van der Waals surface area contributed by atoms with Crippen LogP contribution in [0.5, 0.6) is 0 Å². The molecule has 0 bridgehead atoms. The lowest BCUT2D eigenvalue weighted by molar-refractivity contribution is -0.136. The van der Waals surface area contributed by atoms with Crippen molar-refractivity contribution < 1.29 is 18.3 Å². The third-order valence-electron chi connectivity index (χ3n) is 2.32. The number of aliphatic carboxylic acids is 1. The molecule has 1 aromatic heterocycles. The molecule has 1 aromatic carbocycles. The fraction of sp³-hybridized carbons (Fsp3) is 0.0909. The Morgan fingerprint density at radius 2 is 2.21 bits per heavy atom. The number of carboxylic acids is 1. The maximum absolute atomic E-state index is 11.9. The van der Waals surface area contributed by atoms with E-state index in [9.17, 15) is 13.2 Å². The maximum atomic E-state index is 11.9. The molecule has 8 heteroatoms. The molecule has 0 atom stereocenters. The van der Waals surface area contributed by atoms with Gasteiger partial charge in [0.1, 0.15) is 4.90 Å². The largest absolute Gasteiger partial charge is 0.481 e. The zero-order chi connectivity index (χ0) is 13.9. The third kappa shape index (κ3) is 3.32. The van der Waals surface area contributed by atoms with Crippen LogP contribution in [0.1, 0.15) is 5.56 Å². The minimum atomic E-state index is -3.71. The van der Waals surface area contributed by atoms with E-state index in [1.807, 2.05) is 0 Å². The predicted octanol–water partition coefficient (Wildman–Crippen LogP) is 0.838. The number of sulfonamides is 1. The first kappa shape index (κ1) is 13.1. The number of carboxylic acid groups (broad SMARTS) is 1. The second-order valence-electron chi connectivity index (χ2n) is 3.81. The molecule has 0 saturated carbocycles. The number of hydrogen-bond acceptors (Lipinski definition) is 4. The summed E-state index contributed by atoms with van der Waals surface area (Å²) in [6.07, 6.45) is 2.27. The van der Waals surface area contributed by atoms with Crippen molar-refractivity contribution in [2.75, 3.05) is 4.72 Å². The van der Waals surface area contributed by atoms with Gasteiger partial charge in [0.2, 0.25) is 0 Å². The van der Waals surface area contributed by atoms with Gasteiger partial charge in [-0.1, -0.05) is 12.1 Å². The number of rotatable bonds is 5. The van der Waals surface area contributed by atoms with Crippen molar-refractivity contribution in [1.29, 1.82) is 0 Å². The number of nitrogens with zero attached hydrogens (tertiary/aromatic N) is 1. The van der Waals surface area contributed by atoms with E-state index < -0.39 is 16.0 Å². The predicted molar refractivity (Wildman–Crippen MR) is 67.2 cm³/mol. The van der Waals surface area contributed by atoms with Crippen LogP contribution in [0, 0.1) is 0 Å². The number of benzene rings is 1. The van der Waals surface area contributed by atoms with Gasteiger partial charge in [0.25, 0.3) is 10.0 Å². The van der Waals surface area contributed by atoms with Gasteiger partial charge < -0.3 is 5.11 Å². The highest BCUT2D eigenvalue weighted by Crippen LogP contribution is 2.16. The molecule has 0 aliphatic rings. The van der Waals surface area contributed by atoms with Gasteiger partial charge in [-0.05, 0) is 17.7 Å². The van der Waals surface area contributed by atoms with Crippen LogP contribution in [-0.4, -0.2) is 29.7 Å². The quantitative estimate of drug-likeness (QED) is 0.751. The number of hydrogen-bond donors (Lipinski definition) is 3. The third-order valence-corrected chi connectivity index (χ3v) is 3.67. The molecule has 0 aliphatic heterocycles. The van der Waals surface area contributed by atoms with Crippen LogP contribution in [0.3, 0.4) is 0 Å². The monoisotopic (exact) mass is 281 g/mol. The van der Waals surface area contributed by atoms with Crippen LogP contribution in [-0.2, 0) is 21.2 Å². The smallest absolute Gasteiger partial charge is 0.307 e. The lowest BCUT2D eigenvalue weighted by Crippen LogP contribution is -2.12. The van der Waals surface area contributed by atoms with E-state index in [4.69, 9.17) is 5.11 Å². The summed E-state index contributed by atoms with van der Waals surface area (Å²) in [7, 11) is -3.71. The van der Waals surface area contributed by atoms with Crippen molar-refractivity contribution in [3.8, 4) is 0 Å². The van der Waals surface area contributed by atoms with Gasteiger partial charge in [-0.2, -0.15) is 5.10 Å². The Balaban J connectivity index is 2.22. The van der Waals surface area contributed by atoms with E-state index in [0.717, 1.165) is 0 Å². The van der Waals surface area contributed by atoms with E-state index in [-0.39, 0.29) is 11.3 Å². The van der Waals surface area contributed by atoms with Crippen molar-refractivity contribution >= 4 is 21.7 Å². The zero-order valence-electron chi connectivity index (χ0n) is 9.70. The van der Waals surface area contributed by atoms with Crippen LogP contribution in [0.2, 0.25) is 0 Å². The van der Waals surface area contributed by atoms with Crippen LogP contribution < -0.4 is 4.72 Å². The Morgan fingerprint density at radius 1 is 1.42 bits per heavy atom. The van der Waals surface area contributed by atoms with Crippen molar-refractivity contribution in [3.63, 3.8) is 0 Å². The summed E-state index contributed by atoms with van der Waals surface area (Å²) in [6.45, 7) is 0. The van der Waals surface area contributed by atoms with Crippen molar-refractivity contribution in [2.24, 2.45) is 0 Å². The SMILES string of the molecule is O=C(O)Cc1cccc(NS(=O)(=O)c2cn[nH]c2)c1. The Morgan fingerprint density at radius 3 is 2.84 bits per heavy atom. The summed E-state index contributed by atoms with van der Waals surface area (Å²) in [5, 5.41) is 14.7. The lowest BCUT2D eigenvalue weighted by atomic mass is 10.1. The van der Waals surface area contributed by atoms with Crippen molar-refractivity contribution in [1.82, 2.24) is 10.2 Å². The molecular weight excluding hydrogens is 270 g/mol. The maximum Gasteiger partial charge on any atom is 0.307 e. The number of aromatic nitrogens is 2. The van der Waals surface area contributed by atoms with Gasteiger partial charge in [-0.25, -0.2) is 8.42 Å². The summed E-state index contributed by atoms with van der Waals surface area (Å²) in [4.78, 5) is 10.6. The second kappa shape index (κ2) is 5.11. The van der Waals surface area contributed by atoms with Gasteiger partial charge in [0.15, 0.2) is 0 Å². The molecule has 1 heterocycles. The van der Waals surface area contributed by atoms with Gasteiger partial charge in [0.05, 0.1) is 12.6 Å². The summed E-state index contributed by atoms with van der Waals surface area (Å²) >= 11 is 0. The minimum Gasteiger partial charge on any atom is -0.481 e. The molecule has 100 valence electrons. The van der Waals surface area contributed by atoms with E-state index in [1.165, 1.54) is 18.5 Å². The molecule has 3 N–H and O–H groups in total. The van der Waals surface area contributed by atoms with Gasteiger partial charge in [-0.3, -0.25) is 14.6 Å². The van der Waals surface area contributed by atoms with E-state index in [2.05, 4.69) is 14.9 Å². The minimum absolute atomic E-state index is 0.0103. The Labute approximate surface area is 109 Å². The summed E-state index contributed by atoms with van der Waals surface area (Å²) in [5.74, 6) is -0.977. The number of nitrogens with one attached hydrogen (secondary N) is 2. The molecule has 2 aromatic rings. The molecule has 0 radical (unpaired) electrons. The topological polar surface area (TPSA) is 112 Å². The standard InChI is InChI=1S/C11H11N3O4S/c15-11(16)5-8-2-1-3-9(4-8)14-19(17,18)10-6-12-13-7-10/h1-4,6-7,14H,5H2,(H,12,13)(H,15,16). The highest BCUT2D eigenvalue weighted by Gasteiger charge is 2.15. The van der Waals surface area contributed by atoms with E-state index in [0.29, 0.717) is 11.3 Å². The summed E-state index contributed by atoms with van der Waals surface area (Å²) in [5.41, 5.74) is 0.819. The second-order valence-corrected chi connectivity index (χ2v) is 5.49. The first-order chi connectivity index (χ1) is 8.97. The molecule has 7 nitrogen and oxygen atoms in total. The van der Waals surface area contributed by atoms with E-state index in [1.54, 1.807) is 18.2 Å². The molecule has 0 fully saturated rings. The van der Waals surface area contributed by atoms with Crippen LogP contribution in [0.25, 0.3) is 0 Å². The highest BCUT2D eigenvalue weighted by atomic mass is 32.2. The number of H-pyrrole nitrogens is 1. The van der Waals surface area contributed by atoms with Crippen molar-refractivity contribution in [3.05, 3.63) is 42.2 Å². The summed E-state index contributed by atoms with van der Waals surface area (Å²) < 4.78 is 26.2. The first-order valence-corrected chi connectivity index (χ1v) is 6.78. The number of carbonyl (C=O) groups is 1. The van der Waals surface area contributed by atoms with Gasteiger partial charge in [-0.15, -0.1) is 0 Å². The lowest BCUT2D eigenvalue weighted by Gasteiger charge is -2.07. The first-order valence-electron chi connectivity index (χ1n) is 5.30. The Hall–Kier alpha value is -2.35. The van der Waals surface area contributed by atoms with Crippen LogP contribution in [0.4, 0.5) is 5.69 Å². The highest BCUT2D eigenvalue weighted by molar-refractivity contribution is 7.92. The zero-order valence-corrected chi connectivity index (χ0v) is 10.5. The van der Waals surface area contributed by atoms with Gasteiger partial charge >= 0.3 is 5.97 Å². The molecule has 19 heavy (non-hydrogen) atoms. The molecule has 2 rings (SSSR count). The fourth-order valence-corrected chi connectivity index (χ4v) is 2.47. The average Bonchev–Trinajstić information content (AvgIpc) is 2.81. The van der Waals surface area contributed by atoms with Gasteiger partial charge in [0, 0.05) is 11.9 Å². The Kier molecular flexibility index (Phi) is 3.52. The number of anilines is 1. The molecule has 0 unspecified atom stereocenters. The molecular formula is C11H11N3O4S. The molecule has 0 spiro atoms. The molecule has 0 saturated heterocycles. The average molecular weight is 281 g/mol. The van der Waals surface area contributed by atoms with Crippen molar-refractivity contribution in [2.45, 2.75) is 11.3 Å². The Bertz CT molecular complexity index is 680. The fourth-order valence-electron chi connectivity index (χ4n) is 1.52. The molecule has 0 amide bonds. The van der Waals surface area contributed by atoms with Crippen LogP contribution >= 0.6 is 0 Å². The molecule has 0 aliphatic carbocycles. The van der Waals surface area contributed by atoms with Crippen LogP contribution in [0.15, 0.2) is 41.6 Å². The summed E-state index contributed by atoms with van der Waals surface area (Å²) in [6, 6.07) is 6.23. The number of aromatic amines is 1.